The molecule has 0 aliphatic rings. The van der Waals surface area contributed by atoms with E-state index in [-0.39, 0.29) is 28.9 Å². The fourth-order valence-electron chi connectivity index (χ4n) is 2.43. The van der Waals surface area contributed by atoms with Gasteiger partial charge in [-0.15, -0.1) is 0 Å². The minimum absolute atomic E-state index is 0.194. The maximum Gasteiger partial charge on any atom is 0.340 e. The van der Waals surface area contributed by atoms with Crippen LogP contribution in [-0.2, 0) is 4.74 Å². The molecule has 0 fully saturated rings. The lowest BCUT2D eigenvalue weighted by Crippen LogP contribution is -2.18. The molecule has 1 amide bonds. The van der Waals surface area contributed by atoms with E-state index in [1.807, 2.05) is 0 Å². The fourth-order valence-corrected chi connectivity index (χ4v) is 2.43. The number of benzene rings is 1. The standard InChI is InChI=1S/C17H16N4O4/c1-3-25-17(24)11-6-4-5-7-13(11)20-16(23)12-9-18-21-14(22)8-10(2)19-15(12)21/h4-9,18H,3H2,1-2H3,(H,20,23). The van der Waals surface area contributed by atoms with Crippen LogP contribution < -0.4 is 10.9 Å². The number of carbonyl (C=O) groups excluding carboxylic acids is 2. The number of ether oxygens (including phenoxy) is 1. The number of aromatic nitrogens is 3. The first-order valence-electron chi connectivity index (χ1n) is 7.66. The van der Waals surface area contributed by atoms with Crippen LogP contribution in [0.3, 0.4) is 0 Å². The second kappa shape index (κ2) is 6.60. The number of rotatable bonds is 4. The molecule has 128 valence electrons. The van der Waals surface area contributed by atoms with Crippen molar-refractivity contribution in [2.24, 2.45) is 0 Å². The molecule has 0 bridgehead atoms. The zero-order valence-corrected chi connectivity index (χ0v) is 13.7. The number of hydrogen-bond acceptors (Lipinski definition) is 5. The molecule has 0 saturated carbocycles. The molecule has 0 aliphatic heterocycles. The van der Waals surface area contributed by atoms with Crippen LogP contribution >= 0.6 is 0 Å². The van der Waals surface area contributed by atoms with Gasteiger partial charge in [-0.3, -0.25) is 14.7 Å². The van der Waals surface area contributed by atoms with Crippen molar-refractivity contribution < 1.29 is 14.3 Å². The zero-order chi connectivity index (χ0) is 18.0. The molecule has 2 N–H and O–H groups in total. The number of nitrogens with one attached hydrogen (secondary N) is 2. The number of aryl methyl sites for hydroxylation is 1. The predicted molar refractivity (Wildman–Crippen MR) is 90.9 cm³/mol. The lowest BCUT2D eigenvalue weighted by atomic mass is 10.1. The van der Waals surface area contributed by atoms with Gasteiger partial charge in [0.25, 0.3) is 11.5 Å². The molecule has 2 heterocycles. The number of anilines is 1. The Morgan fingerprint density at radius 1 is 1.28 bits per heavy atom. The van der Waals surface area contributed by atoms with E-state index >= 15 is 0 Å². The number of esters is 1. The summed E-state index contributed by atoms with van der Waals surface area (Å²) in [5.41, 5.74) is 1.17. The van der Waals surface area contributed by atoms with Gasteiger partial charge in [-0.1, -0.05) is 12.1 Å². The number of para-hydroxylation sites is 1. The third kappa shape index (κ3) is 3.14. The van der Waals surface area contributed by atoms with Gasteiger partial charge in [0.2, 0.25) is 0 Å². The highest BCUT2D eigenvalue weighted by atomic mass is 16.5. The summed E-state index contributed by atoms with van der Waals surface area (Å²) in [4.78, 5) is 40.7. The first-order valence-corrected chi connectivity index (χ1v) is 7.66. The van der Waals surface area contributed by atoms with Gasteiger partial charge in [0.15, 0.2) is 5.65 Å². The maximum absolute atomic E-state index is 12.6. The van der Waals surface area contributed by atoms with Gasteiger partial charge in [0, 0.05) is 18.0 Å². The van der Waals surface area contributed by atoms with Crippen LogP contribution in [0.25, 0.3) is 5.65 Å². The Morgan fingerprint density at radius 2 is 2.04 bits per heavy atom. The molecule has 3 aromatic rings. The molecule has 8 nitrogen and oxygen atoms in total. The van der Waals surface area contributed by atoms with Crippen molar-refractivity contribution in [2.45, 2.75) is 13.8 Å². The number of nitrogens with zero attached hydrogens (tertiary/aromatic N) is 2. The van der Waals surface area contributed by atoms with Gasteiger partial charge < -0.3 is 10.1 Å². The van der Waals surface area contributed by atoms with E-state index in [0.717, 1.165) is 0 Å². The van der Waals surface area contributed by atoms with E-state index in [0.29, 0.717) is 11.4 Å². The van der Waals surface area contributed by atoms with Gasteiger partial charge in [-0.05, 0) is 26.0 Å². The topological polar surface area (TPSA) is 106 Å². The van der Waals surface area contributed by atoms with E-state index < -0.39 is 11.9 Å². The number of amides is 1. The second-order valence-corrected chi connectivity index (χ2v) is 5.30. The summed E-state index contributed by atoms with van der Waals surface area (Å²) in [6.07, 6.45) is 1.39. The van der Waals surface area contributed by atoms with Crippen molar-refractivity contribution in [3.8, 4) is 0 Å². The van der Waals surface area contributed by atoms with Gasteiger partial charge in [-0.2, -0.15) is 0 Å². The second-order valence-electron chi connectivity index (χ2n) is 5.30. The van der Waals surface area contributed by atoms with Gasteiger partial charge in [0.05, 0.1) is 17.9 Å². The van der Waals surface area contributed by atoms with Gasteiger partial charge in [0.1, 0.15) is 5.56 Å². The maximum atomic E-state index is 12.6. The molecule has 25 heavy (non-hydrogen) atoms. The summed E-state index contributed by atoms with van der Waals surface area (Å²) >= 11 is 0. The molecule has 0 aliphatic carbocycles. The quantitative estimate of drug-likeness (QED) is 0.704. The average molecular weight is 340 g/mol. The number of H-pyrrole nitrogens is 1. The summed E-state index contributed by atoms with van der Waals surface area (Å²) in [6, 6.07) is 7.90. The Morgan fingerprint density at radius 3 is 2.80 bits per heavy atom. The Balaban J connectivity index is 1.97. The van der Waals surface area contributed by atoms with Crippen molar-refractivity contribution >= 4 is 23.2 Å². The Hall–Kier alpha value is -3.42. The zero-order valence-electron chi connectivity index (χ0n) is 13.7. The predicted octanol–water partition coefficient (Wildman–Crippen LogP) is 1.76. The normalized spacial score (nSPS) is 10.6. The number of carbonyl (C=O) groups is 2. The van der Waals surface area contributed by atoms with Crippen molar-refractivity contribution in [1.29, 1.82) is 0 Å². The number of hydrogen-bond donors (Lipinski definition) is 2. The smallest absolute Gasteiger partial charge is 0.340 e. The van der Waals surface area contributed by atoms with E-state index in [2.05, 4.69) is 15.4 Å². The van der Waals surface area contributed by atoms with Crippen LogP contribution in [-0.4, -0.2) is 33.1 Å². The third-order valence-corrected chi connectivity index (χ3v) is 3.54. The molecule has 0 atom stereocenters. The van der Waals surface area contributed by atoms with Crippen LogP contribution in [0.2, 0.25) is 0 Å². The van der Waals surface area contributed by atoms with Crippen LogP contribution in [0.5, 0.6) is 0 Å². The lowest BCUT2D eigenvalue weighted by molar-refractivity contribution is 0.0527. The molecular formula is C17H16N4O4. The molecule has 0 spiro atoms. The van der Waals surface area contributed by atoms with Gasteiger partial charge in [-0.25, -0.2) is 14.3 Å². The highest BCUT2D eigenvalue weighted by molar-refractivity contribution is 6.10. The highest BCUT2D eigenvalue weighted by Gasteiger charge is 2.18. The Kier molecular flexibility index (Phi) is 4.34. The molecule has 8 heteroatoms. The van der Waals surface area contributed by atoms with E-state index in [9.17, 15) is 14.4 Å². The van der Waals surface area contributed by atoms with Crippen molar-refractivity contribution in [3.05, 3.63) is 63.7 Å². The van der Waals surface area contributed by atoms with Crippen molar-refractivity contribution in [2.75, 3.05) is 11.9 Å². The van der Waals surface area contributed by atoms with Crippen LogP contribution in [0, 0.1) is 6.92 Å². The van der Waals surface area contributed by atoms with Crippen LogP contribution in [0.4, 0.5) is 5.69 Å². The Labute approximate surface area is 142 Å². The van der Waals surface area contributed by atoms with Crippen molar-refractivity contribution in [1.82, 2.24) is 14.6 Å². The van der Waals surface area contributed by atoms with Crippen LogP contribution in [0.15, 0.2) is 41.3 Å². The molecule has 1 aromatic carbocycles. The minimum Gasteiger partial charge on any atom is -0.462 e. The van der Waals surface area contributed by atoms with E-state index in [1.165, 1.54) is 16.8 Å². The average Bonchev–Trinajstić information content (AvgIpc) is 2.99. The monoisotopic (exact) mass is 340 g/mol. The van der Waals surface area contributed by atoms with Gasteiger partial charge >= 0.3 is 5.97 Å². The molecular weight excluding hydrogens is 324 g/mol. The summed E-state index contributed by atoms with van der Waals surface area (Å²) < 4.78 is 6.17. The molecule has 0 unspecified atom stereocenters. The lowest BCUT2D eigenvalue weighted by Gasteiger charge is -2.09. The first-order chi connectivity index (χ1) is 12.0. The SMILES string of the molecule is CCOC(=O)c1ccccc1NC(=O)c1c[nH]n2c(=O)cc(C)nc12. The highest BCUT2D eigenvalue weighted by Crippen LogP contribution is 2.18. The van der Waals surface area contributed by atoms with E-state index in [1.54, 1.807) is 38.1 Å². The van der Waals surface area contributed by atoms with Crippen LogP contribution in [0.1, 0.15) is 33.3 Å². The third-order valence-electron chi connectivity index (χ3n) is 3.54. The number of aromatic amines is 1. The van der Waals surface area contributed by atoms with Crippen molar-refractivity contribution in [3.63, 3.8) is 0 Å². The summed E-state index contributed by atoms with van der Waals surface area (Å²) in [5.74, 6) is -1.02. The van der Waals surface area contributed by atoms with E-state index in [4.69, 9.17) is 4.74 Å². The summed E-state index contributed by atoms with van der Waals surface area (Å²) in [7, 11) is 0. The fraction of sp³-hybridized carbons (Fsp3) is 0.176. The largest absolute Gasteiger partial charge is 0.462 e. The summed E-state index contributed by atoms with van der Waals surface area (Å²) in [5, 5.41) is 5.37. The first kappa shape index (κ1) is 16.4. The number of fused-ring (bicyclic) bond motifs is 1. The molecule has 0 radical (unpaired) electrons. The summed E-state index contributed by atoms with van der Waals surface area (Å²) in [6.45, 7) is 3.61. The molecule has 3 rings (SSSR count). The molecule has 2 aromatic heterocycles. The minimum atomic E-state index is -0.525. The Bertz CT molecular complexity index is 1020. The molecule has 0 saturated heterocycles.